The normalized spacial score (nSPS) is 12.9. The van der Waals surface area contributed by atoms with Gasteiger partial charge in [0.05, 0.1) is 11.4 Å². The third-order valence-corrected chi connectivity index (χ3v) is 5.02. The molecule has 0 spiro atoms. The van der Waals surface area contributed by atoms with Crippen LogP contribution in [0.3, 0.4) is 0 Å². The summed E-state index contributed by atoms with van der Waals surface area (Å²) in [5.41, 5.74) is 2.27. The van der Waals surface area contributed by atoms with Gasteiger partial charge in [-0.3, -0.25) is 0 Å². The molecule has 2 N–H and O–H groups in total. The van der Waals surface area contributed by atoms with E-state index in [4.69, 9.17) is 0 Å². The lowest BCUT2D eigenvalue weighted by Crippen LogP contribution is -2.21. The van der Waals surface area contributed by atoms with E-state index < -0.39 is 0 Å². The highest BCUT2D eigenvalue weighted by molar-refractivity contribution is 7.99. The summed E-state index contributed by atoms with van der Waals surface area (Å²) in [6, 6.07) is 11.0. The Morgan fingerprint density at radius 3 is 2.00 bits per heavy atom. The average Bonchev–Trinajstić information content (AvgIpc) is 2.50. The van der Waals surface area contributed by atoms with Gasteiger partial charge in [-0.05, 0) is 42.8 Å². The second-order valence-corrected chi connectivity index (χ2v) is 6.70. The second-order valence-electron chi connectivity index (χ2n) is 5.62. The molecule has 2 aromatic carbocycles. The Labute approximate surface area is 135 Å². The average molecular weight is 315 g/mol. The first-order valence-electron chi connectivity index (χ1n) is 7.80. The van der Waals surface area contributed by atoms with Crippen molar-refractivity contribution in [2.45, 2.75) is 42.4 Å². The van der Waals surface area contributed by atoms with E-state index >= 15 is 0 Å². The molecule has 1 heterocycles. The van der Waals surface area contributed by atoms with E-state index in [0.29, 0.717) is 0 Å². The Kier molecular flexibility index (Phi) is 4.48. The Bertz CT molecular complexity index is 621. The smallest absolute Gasteiger partial charge is 0.116 e. The number of hydrogen-bond acceptors (Lipinski definition) is 4. The number of aromatic hydroxyl groups is 2. The van der Waals surface area contributed by atoms with Crippen LogP contribution in [0.2, 0.25) is 0 Å². The maximum atomic E-state index is 9.74. The highest BCUT2D eigenvalue weighted by Gasteiger charge is 2.23. The number of rotatable bonds is 5. The summed E-state index contributed by atoms with van der Waals surface area (Å²) in [6.45, 7) is 3.17. The number of benzene rings is 2. The van der Waals surface area contributed by atoms with Crippen molar-refractivity contribution in [2.24, 2.45) is 0 Å². The predicted molar refractivity (Wildman–Crippen MR) is 91.5 cm³/mol. The van der Waals surface area contributed by atoms with Crippen molar-refractivity contribution in [3.63, 3.8) is 0 Å². The summed E-state index contributed by atoms with van der Waals surface area (Å²) >= 11 is 1.60. The maximum Gasteiger partial charge on any atom is 0.116 e. The summed E-state index contributed by atoms with van der Waals surface area (Å²) in [4.78, 5) is 4.37. The van der Waals surface area contributed by atoms with Gasteiger partial charge >= 0.3 is 0 Å². The van der Waals surface area contributed by atoms with Crippen molar-refractivity contribution in [1.29, 1.82) is 0 Å². The molecule has 3 nitrogen and oxygen atoms in total. The molecule has 0 aliphatic carbocycles. The molecule has 0 aromatic heterocycles. The number of phenolic OH excluding ortho intramolecular Hbond substituents is 2. The molecule has 1 aliphatic heterocycles. The lowest BCUT2D eigenvalue weighted by Gasteiger charge is -2.33. The molecule has 0 saturated heterocycles. The molecule has 22 heavy (non-hydrogen) atoms. The quantitative estimate of drug-likeness (QED) is 0.737. The second kappa shape index (κ2) is 6.53. The number of phenols is 2. The summed E-state index contributed by atoms with van der Waals surface area (Å²) in [6.07, 6.45) is 4.85. The molecule has 2 aromatic rings. The van der Waals surface area contributed by atoms with E-state index in [2.05, 4.69) is 11.8 Å². The lowest BCUT2D eigenvalue weighted by atomic mass is 10.1. The fourth-order valence-corrected chi connectivity index (χ4v) is 3.96. The zero-order valence-corrected chi connectivity index (χ0v) is 13.6. The molecule has 0 radical (unpaired) electrons. The van der Waals surface area contributed by atoms with Gasteiger partial charge in [-0.1, -0.05) is 37.9 Å². The van der Waals surface area contributed by atoms with Gasteiger partial charge in [0.2, 0.25) is 0 Å². The molecule has 0 unspecified atom stereocenters. The molecule has 0 bridgehead atoms. The first kappa shape index (κ1) is 15.1. The molecule has 0 saturated carbocycles. The van der Waals surface area contributed by atoms with Crippen LogP contribution in [0.15, 0.2) is 46.2 Å². The van der Waals surface area contributed by atoms with Crippen LogP contribution >= 0.6 is 11.8 Å². The van der Waals surface area contributed by atoms with Crippen molar-refractivity contribution < 1.29 is 10.2 Å². The van der Waals surface area contributed by atoms with E-state index in [1.807, 2.05) is 12.1 Å². The number of nitrogens with zero attached hydrogens (tertiary/aromatic N) is 1. The van der Waals surface area contributed by atoms with Crippen molar-refractivity contribution in [3.8, 4) is 11.5 Å². The van der Waals surface area contributed by atoms with Crippen molar-refractivity contribution in [1.82, 2.24) is 0 Å². The van der Waals surface area contributed by atoms with E-state index in [0.717, 1.165) is 34.1 Å². The van der Waals surface area contributed by atoms with Crippen LogP contribution in [-0.2, 0) is 0 Å². The topological polar surface area (TPSA) is 43.7 Å². The van der Waals surface area contributed by atoms with Gasteiger partial charge in [-0.25, -0.2) is 0 Å². The minimum Gasteiger partial charge on any atom is -0.508 e. The SMILES string of the molecule is CCCCCCN1c2ccc(O)cc2Sc2cc(O)ccc21. The van der Waals surface area contributed by atoms with Crippen molar-refractivity contribution in [3.05, 3.63) is 36.4 Å². The fourth-order valence-electron chi connectivity index (χ4n) is 2.80. The molecular weight excluding hydrogens is 294 g/mol. The third-order valence-electron chi connectivity index (χ3n) is 3.92. The van der Waals surface area contributed by atoms with Gasteiger partial charge in [-0.15, -0.1) is 0 Å². The largest absolute Gasteiger partial charge is 0.508 e. The van der Waals surface area contributed by atoms with Crippen LogP contribution < -0.4 is 4.90 Å². The zero-order valence-electron chi connectivity index (χ0n) is 12.7. The van der Waals surface area contributed by atoms with Gasteiger partial charge in [0, 0.05) is 16.3 Å². The van der Waals surface area contributed by atoms with E-state index in [1.54, 1.807) is 36.0 Å². The van der Waals surface area contributed by atoms with Gasteiger partial charge in [0.15, 0.2) is 0 Å². The fraction of sp³-hybridized carbons (Fsp3) is 0.333. The number of unbranched alkanes of at least 4 members (excludes halogenated alkanes) is 3. The highest BCUT2D eigenvalue weighted by Crippen LogP contribution is 2.49. The molecule has 1 aliphatic rings. The van der Waals surface area contributed by atoms with Gasteiger partial charge < -0.3 is 15.1 Å². The molecule has 0 fully saturated rings. The lowest BCUT2D eigenvalue weighted by molar-refractivity contribution is 0.473. The minimum atomic E-state index is 0.279. The first-order valence-corrected chi connectivity index (χ1v) is 8.62. The minimum absolute atomic E-state index is 0.279. The molecule has 0 atom stereocenters. The van der Waals surface area contributed by atoms with Gasteiger partial charge in [0.25, 0.3) is 0 Å². The molecule has 3 rings (SSSR count). The van der Waals surface area contributed by atoms with Gasteiger partial charge in [0.1, 0.15) is 11.5 Å². The number of anilines is 2. The van der Waals surface area contributed by atoms with E-state index in [1.165, 1.54) is 19.3 Å². The van der Waals surface area contributed by atoms with Crippen LogP contribution in [0.4, 0.5) is 11.4 Å². The third kappa shape index (κ3) is 3.02. The van der Waals surface area contributed by atoms with Crippen LogP contribution in [0.25, 0.3) is 0 Å². The molecule has 4 heteroatoms. The van der Waals surface area contributed by atoms with Crippen molar-refractivity contribution >= 4 is 23.1 Å². The van der Waals surface area contributed by atoms with Crippen molar-refractivity contribution in [2.75, 3.05) is 11.4 Å². The molecular formula is C18H21NO2S. The number of hydrogen-bond donors (Lipinski definition) is 2. The highest BCUT2D eigenvalue weighted by atomic mass is 32.2. The van der Waals surface area contributed by atoms with Gasteiger partial charge in [-0.2, -0.15) is 0 Å². The first-order chi connectivity index (χ1) is 10.7. The van der Waals surface area contributed by atoms with Crippen LogP contribution in [0.5, 0.6) is 11.5 Å². The standard InChI is InChI=1S/C18H21NO2S/c1-2-3-4-5-10-19-15-8-6-13(20)11-17(15)22-18-12-14(21)7-9-16(18)19/h6-9,11-12,20-21H,2-5,10H2,1H3. The Hall–Kier alpha value is -1.81. The monoisotopic (exact) mass is 315 g/mol. The maximum absolute atomic E-state index is 9.74. The molecule has 0 amide bonds. The molecule has 116 valence electrons. The zero-order chi connectivity index (χ0) is 15.5. The Morgan fingerprint density at radius 2 is 1.45 bits per heavy atom. The summed E-state index contributed by atoms with van der Waals surface area (Å²) < 4.78 is 0. The Morgan fingerprint density at radius 1 is 0.864 bits per heavy atom. The Balaban J connectivity index is 1.93. The summed E-state index contributed by atoms with van der Waals surface area (Å²) in [5, 5.41) is 19.5. The van der Waals surface area contributed by atoms with Crippen LogP contribution in [0, 0.1) is 0 Å². The number of fused-ring (bicyclic) bond motifs is 2. The van der Waals surface area contributed by atoms with E-state index in [9.17, 15) is 10.2 Å². The van der Waals surface area contributed by atoms with E-state index in [-0.39, 0.29) is 11.5 Å². The van der Waals surface area contributed by atoms with Crippen LogP contribution in [-0.4, -0.2) is 16.8 Å². The van der Waals surface area contributed by atoms with Crippen LogP contribution in [0.1, 0.15) is 32.6 Å². The summed E-state index contributed by atoms with van der Waals surface area (Å²) in [5.74, 6) is 0.557. The predicted octanol–water partition coefficient (Wildman–Crippen LogP) is 5.28. The summed E-state index contributed by atoms with van der Waals surface area (Å²) in [7, 11) is 0.